The molecule has 0 aliphatic heterocycles. The van der Waals surface area contributed by atoms with E-state index in [-0.39, 0.29) is 0 Å². The first-order valence-corrected chi connectivity index (χ1v) is 11.9. The summed E-state index contributed by atoms with van der Waals surface area (Å²) in [5.41, 5.74) is 2.92. The second kappa shape index (κ2) is 9.14. The van der Waals surface area contributed by atoms with E-state index in [1.807, 2.05) is 19.9 Å². The van der Waals surface area contributed by atoms with Crippen molar-refractivity contribution in [2.24, 2.45) is 23.2 Å². The van der Waals surface area contributed by atoms with E-state index in [0.29, 0.717) is 36.0 Å². The Bertz CT molecular complexity index is 723. The smallest absolute Gasteiger partial charge is 0.0811 e. The normalized spacial score (nSPS) is 39.1. The van der Waals surface area contributed by atoms with Gasteiger partial charge in [-0.3, -0.25) is 0 Å². The molecule has 0 radical (unpaired) electrons. The van der Waals surface area contributed by atoms with E-state index in [1.165, 1.54) is 25.7 Å². The SMILES string of the molecule is C=C1/C(=C/C=C2\CCC[C@]3(C)[C@@H]([C@H](C)C/C=C/C(C)(C)O)CC[C@@H]23)C[C@@H](O)C[C@@H]1O. The minimum absolute atomic E-state index is 0.340. The molecule has 0 amide bonds. The van der Waals surface area contributed by atoms with Crippen LogP contribution in [-0.4, -0.2) is 33.1 Å². The molecule has 3 heteroatoms. The third kappa shape index (κ3) is 5.18. The third-order valence-electron chi connectivity index (χ3n) is 8.02. The molecule has 3 N–H and O–H groups in total. The highest BCUT2D eigenvalue weighted by Crippen LogP contribution is 2.59. The van der Waals surface area contributed by atoms with Crippen molar-refractivity contribution in [1.82, 2.24) is 0 Å². The van der Waals surface area contributed by atoms with Gasteiger partial charge in [-0.1, -0.05) is 50.3 Å². The second-order valence-electron chi connectivity index (χ2n) is 10.9. The number of aliphatic hydroxyl groups excluding tert-OH is 2. The maximum absolute atomic E-state index is 10.1. The number of fused-ring (bicyclic) bond motifs is 1. The fourth-order valence-corrected chi connectivity index (χ4v) is 6.41. The molecule has 0 aromatic heterocycles. The zero-order valence-electron chi connectivity index (χ0n) is 19.4. The molecular formula is C27H42O3. The number of rotatable bonds is 5. The van der Waals surface area contributed by atoms with Crippen molar-refractivity contribution >= 4 is 0 Å². The molecule has 3 fully saturated rings. The Morgan fingerprint density at radius 3 is 2.67 bits per heavy atom. The lowest BCUT2D eigenvalue weighted by Crippen LogP contribution is -2.35. The van der Waals surface area contributed by atoms with Gasteiger partial charge in [-0.2, -0.15) is 0 Å². The Morgan fingerprint density at radius 2 is 1.97 bits per heavy atom. The summed E-state index contributed by atoms with van der Waals surface area (Å²) >= 11 is 0. The van der Waals surface area contributed by atoms with E-state index in [1.54, 1.807) is 5.57 Å². The van der Waals surface area contributed by atoms with E-state index in [4.69, 9.17) is 0 Å². The van der Waals surface area contributed by atoms with Gasteiger partial charge in [0.1, 0.15) is 0 Å². The van der Waals surface area contributed by atoms with E-state index in [2.05, 4.69) is 38.7 Å². The van der Waals surface area contributed by atoms with Crippen LogP contribution in [0.5, 0.6) is 0 Å². The molecule has 3 nitrogen and oxygen atoms in total. The predicted octanol–water partition coefficient (Wildman–Crippen LogP) is 5.48. The number of hydrogen-bond acceptors (Lipinski definition) is 3. The Hall–Kier alpha value is -1.16. The van der Waals surface area contributed by atoms with Gasteiger partial charge in [-0.05, 0) is 93.1 Å². The van der Waals surface area contributed by atoms with Crippen molar-refractivity contribution < 1.29 is 15.3 Å². The summed E-state index contributed by atoms with van der Waals surface area (Å²) in [6, 6.07) is 0. The van der Waals surface area contributed by atoms with Gasteiger partial charge in [0.05, 0.1) is 17.8 Å². The molecule has 30 heavy (non-hydrogen) atoms. The Morgan fingerprint density at radius 1 is 1.23 bits per heavy atom. The van der Waals surface area contributed by atoms with Gasteiger partial charge < -0.3 is 15.3 Å². The Kier molecular flexibility index (Phi) is 7.16. The molecule has 6 atom stereocenters. The van der Waals surface area contributed by atoms with Crippen molar-refractivity contribution in [2.75, 3.05) is 0 Å². The largest absolute Gasteiger partial charge is 0.393 e. The summed E-state index contributed by atoms with van der Waals surface area (Å²) in [5.74, 6) is 1.94. The monoisotopic (exact) mass is 414 g/mol. The van der Waals surface area contributed by atoms with Gasteiger partial charge in [0.2, 0.25) is 0 Å². The second-order valence-corrected chi connectivity index (χ2v) is 10.9. The molecule has 168 valence electrons. The fourth-order valence-electron chi connectivity index (χ4n) is 6.41. The first kappa shape index (κ1) is 23.5. The van der Waals surface area contributed by atoms with E-state index in [9.17, 15) is 15.3 Å². The van der Waals surface area contributed by atoms with Gasteiger partial charge >= 0.3 is 0 Å². The third-order valence-corrected chi connectivity index (χ3v) is 8.02. The maximum Gasteiger partial charge on any atom is 0.0811 e. The highest BCUT2D eigenvalue weighted by atomic mass is 16.3. The highest BCUT2D eigenvalue weighted by molar-refractivity contribution is 5.38. The molecular weight excluding hydrogens is 372 g/mol. The Balaban J connectivity index is 1.74. The number of allylic oxidation sites excluding steroid dienone is 4. The van der Waals surface area contributed by atoms with Gasteiger partial charge in [-0.15, -0.1) is 0 Å². The van der Waals surface area contributed by atoms with Crippen LogP contribution >= 0.6 is 0 Å². The molecule has 0 aromatic carbocycles. The molecule has 3 aliphatic carbocycles. The van der Waals surface area contributed by atoms with Crippen molar-refractivity contribution in [1.29, 1.82) is 0 Å². The Labute approximate surface area is 183 Å². The van der Waals surface area contributed by atoms with Crippen LogP contribution in [0.3, 0.4) is 0 Å². The highest BCUT2D eigenvalue weighted by Gasteiger charge is 2.50. The van der Waals surface area contributed by atoms with Gasteiger partial charge in [0.25, 0.3) is 0 Å². The maximum atomic E-state index is 10.1. The molecule has 0 bridgehead atoms. The van der Waals surface area contributed by atoms with Crippen LogP contribution in [0.2, 0.25) is 0 Å². The van der Waals surface area contributed by atoms with E-state index >= 15 is 0 Å². The lowest BCUT2D eigenvalue weighted by molar-refractivity contribution is 0.0861. The quantitative estimate of drug-likeness (QED) is 0.522. The summed E-state index contributed by atoms with van der Waals surface area (Å²) in [6.45, 7) is 12.6. The van der Waals surface area contributed by atoms with Crippen molar-refractivity contribution in [3.05, 3.63) is 47.6 Å². The minimum Gasteiger partial charge on any atom is -0.393 e. The molecule has 0 aromatic rings. The van der Waals surface area contributed by atoms with Crippen molar-refractivity contribution in [3.63, 3.8) is 0 Å². The first-order valence-electron chi connectivity index (χ1n) is 11.9. The lowest BCUT2D eigenvalue weighted by atomic mass is 9.61. The zero-order chi connectivity index (χ0) is 22.1. The van der Waals surface area contributed by atoms with Gasteiger partial charge in [0.15, 0.2) is 0 Å². The number of hydrogen-bond donors (Lipinski definition) is 3. The van der Waals surface area contributed by atoms with Crippen molar-refractivity contribution in [3.8, 4) is 0 Å². The van der Waals surface area contributed by atoms with Crippen LogP contribution in [0.15, 0.2) is 47.6 Å². The number of aliphatic hydroxyl groups is 3. The summed E-state index contributed by atoms with van der Waals surface area (Å²) < 4.78 is 0. The molecule has 0 unspecified atom stereocenters. The standard InChI is InChI=1S/C27H42O3/c1-18(8-6-14-26(3,4)30)23-12-13-24-20(9-7-15-27(23,24)5)10-11-21-16-22(28)17-25(29)19(21)2/h6,10-11,14,18,22-25,28-30H,2,7-9,12-13,15-17H2,1,3-5H3/b14-6+,20-10+,21-11+/t18-,22-,23-,24+,25+,27-/m1/s1. The molecule has 0 heterocycles. The van der Waals surface area contributed by atoms with Crippen LogP contribution in [0.4, 0.5) is 0 Å². The van der Waals surface area contributed by atoms with Crippen LogP contribution in [-0.2, 0) is 0 Å². The predicted molar refractivity (Wildman–Crippen MR) is 124 cm³/mol. The molecule has 3 saturated carbocycles. The first-order chi connectivity index (χ1) is 14.0. The average Bonchev–Trinajstić information content (AvgIpc) is 3.00. The van der Waals surface area contributed by atoms with Gasteiger partial charge in [-0.25, -0.2) is 0 Å². The summed E-state index contributed by atoms with van der Waals surface area (Å²) in [7, 11) is 0. The van der Waals surface area contributed by atoms with Crippen LogP contribution < -0.4 is 0 Å². The van der Waals surface area contributed by atoms with Crippen LogP contribution in [0.1, 0.15) is 79.1 Å². The summed E-state index contributed by atoms with van der Waals surface area (Å²) in [4.78, 5) is 0. The lowest BCUT2D eigenvalue weighted by Gasteiger charge is -2.44. The van der Waals surface area contributed by atoms with Crippen LogP contribution in [0.25, 0.3) is 0 Å². The molecule has 3 rings (SSSR count). The van der Waals surface area contributed by atoms with Crippen molar-refractivity contribution in [2.45, 2.75) is 96.9 Å². The van der Waals surface area contributed by atoms with Crippen LogP contribution in [0, 0.1) is 23.2 Å². The van der Waals surface area contributed by atoms with E-state index in [0.717, 1.165) is 24.0 Å². The fraction of sp³-hybridized carbons (Fsp3) is 0.704. The van der Waals surface area contributed by atoms with Gasteiger partial charge in [0, 0.05) is 6.42 Å². The molecule has 3 aliphatic rings. The molecule has 0 saturated heterocycles. The average molecular weight is 415 g/mol. The minimum atomic E-state index is -0.736. The topological polar surface area (TPSA) is 60.7 Å². The molecule has 0 spiro atoms. The summed E-state index contributed by atoms with van der Waals surface area (Å²) in [5, 5.41) is 30.1. The summed E-state index contributed by atoms with van der Waals surface area (Å²) in [6.07, 6.45) is 15.6. The van der Waals surface area contributed by atoms with E-state index < -0.39 is 17.8 Å². The zero-order valence-corrected chi connectivity index (χ0v) is 19.4.